The molecule has 0 bridgehead atoms. The minimum absolute atomic E-state index is 0.174. The van der Waals surface area contributed by atoms with Crippen molar-refractivity contribution in [3.8, 4) is 6.07 Å². The molecule has 0 amide bonds. The van der Waals surface area contributed by atoms with E-state index >= 15 is 0 Å². The standard InChI is InChI=1S/C9H10N2O/c1-9(3-4-9)8-11-6-7(12-8)2-5-10/h6H,2-4H2,1H3. The fourth-order valence-corrected chi connectivity index (χ4v) is 1.15. The lowest BCUT2D eigenvalue weighted by Gasteiger charge is -1.99. The molecule has 3 nitrogen and oxygen atoms in total. The van der Waals surface area contributed by atoms with Gasteiger partial charge in [0.15, 0.2) is 5.89 Å². The summed E-state index contributed by atoms with van der Waals surface area (Å²) < 4.78 is 5.42. The van der Waals surface area contributed by atoms with Crippen LogP contribution in [-0.2, 0) is 11.8 Å². The predicted molar refractivity (Wildman–Crippen MR) is 42.4 cm³/mol. The molecule has 0 N–H and O–H groups in total. The average Bonchev–Trinajstić information content (AvgIpc) is 2.64. The fraction of sp³-hybridized carbons (Fsp3) is 0.556. The normalized spacial score (nSPS) is 18.7. The number of hydrogen-bond acceptors (Lipinski definition) is 3. The van der Waals surface area contributed by atoms with Crippen LogP contribution in [0.2, 0.25) is 0 Å². The molecule has 2 rings (SSSR count). The summed E-state index contributed by atoms with van der Waals surface area (Å²) in [6.45, 7) is 2.13. The number of nitrogens with zero attached hydrogens (tertiary/aromatic N) is 2. The first kappa shape index (κ1) is 7.35. The van der Waals surface area contributed by atoms with Crippen LogP contribution < -0.4 is 0 Å². The Bertz CT molecular complexity index is 331. The summed E-state index contributed by atoms with van der Waals surface area (Å²) in [6.07, 6.45) is 4.28. The maximum Gasteiger partial charge on any atom is 0.200 e. The SMILES string of the molecule is CC1(c2ncc(CC#N)o2)CC1. The lowest BCUT2D eigenvalue weighted by atomic mass is 10.1. The van der Waals surface area contributed by atoms with Gasteiger partial charge in [-0.2, -0.15) is 5.26 Å². The van der Waals surface area contributed by atoms with Crippen LogP contribution in [-0.4, -0.2) is 4.98 Å². The molecule has 0 atom stereocenters. The van der Waals surface area contributed by atoms with E-state index in [1.165, 1.54) is 0 Å². The number of hydrogen-bond donors (Lipinski definition) is 0. The van der Waals surface area contributed by atoms with E-state index in [4.69, 9.17) is 9.68 Å². The van der Waals surface area contributed by atoms with Gasteiger partial charge in [0.05, 0.1) is 18.7 Å². The summed E-state index contributed by atoms with van der Waals surface area (Å²) in [4.78, 5) is 4.15. The second-order valence-electron chi connectivity index (χ2n) is 3.53. The zero-order chi connectivity index (χ0) is 8.60. The van der Waals surface area contributed by atoms with Crippen molar-refractivity contribution < 1.29 is 4.42 Å². The van der Waals surface area contributed by atoms with Crippen molar-refractivity contribution in [1.29, 1.82) is 5.26 Å². The molecule has 1 aliphatic carbocycles. The van der Waals surface area contributed by atoms with E-state index in [2.05, 4.69) is 11.9 Å². The Balaban J connectivity index is 2.20. The van der Waals surface area contributed by atoms with Gasteiger partial charge in [-0.1, -0.05) is 6.92 Å². The number of rotatable bonds is 2. The van der Waals surface area contributed by atoms with Gasteiger partial charge in [-0.15, -0.1) is 0 Å². The van der Waals surface area contributed by atoms with E-state index in [9.17, 15) is 0 Å². The van der Waals surface area contributed by atoms with Gasteiger partial charge in [0.1, 0.15) is 5.76 Å². The van der Waals surface area contributed by atoms with E-state index in [0.29, 0.717) is 12.2 Å². The number of nitriles is 1. The van der Waals surface area contributed by atoms with Crippen LogP contribution >= 0.6 is 0 Å². The molecule has 0 radical (unpaired) electrons. The number of oxazole rings is 1. The van der Waals surface area contributed by atoms with Crippen LogP contribution in [0.25, 0.3) is 0 Å². The summed E-state index contributed by atoms with van der Waals surface area (Å²) >= 11 is 0. The second kappa shape index (κ2) is 2.34. The lowest BCUT2D eigenvalue weighted by molar-refractivity contribution is 0.426. The molecule has 0 aliphatic heterocycles. The molecule has 1 aliphatic rings. The minimum Gasteiger partial charge on any atom is -0.444 e. The topological polar surface area (TPSA) is 49.8 Å². The third kappa shape index (κ3) is 1.10. The van der Waals surface area contributed by atoms with Crippen LogP contribution in [0.5, 0.6) is 0 Å². The molecule has 1 aromatic rings. The van der Waals surface area contributed by atoms with E-state index in [1.807, 2.05) is 6.07 Å². The largest absolute Gasteiger partial charge is 0.444 e. The van der Waals surface area contributed by atoms with Gasteiger partial charge >= 0.3 is 0 Å². The summed E-state index contributed by atoms with van der Waals surface area (Å²) in [7, 11) is 0. The Kier molecular flexibility index (Phi) is 1.44. The Morgan fingerprint density at radius 2 is 2.50 bits per heavy atom. The van der Waals surface area contributed by atoms with E-state index < -0.39 is 0 Å². The fourth-order valence-electron chi connectivity index (χ4n) is 1.15. The van der Waals surface area contributed by atoms with E-state index in [1.54, 1.807) is 6.20 Å². The maximum atomic E-state index is 8.41. The highest BCUT2D eigenvalue weighted by Gasteiger charge is 2.43. The molecule has 62 valence electrons. The lowest BCUT2D eigenvalue weighted by Crippen LogP contribution is -1.98. The molecule has 1 saturated carbocycles. The quantitative estimate of drug-likeness (QED) is 0.666. The third-order valence-electron chi connectivity index (χ3n) is 2.32. The molecule has 0 unspecified atom stereocenters. The van der Waals surface area contributed by atoms with E-state index in [-0.39, 0.29) is 5.41 Å². The van der Waals surface area contributed by atoms with Crippen molar-refractivity contribution in [2.75, 3.05) is 0 Å². The van der Waals surface area contributed by atoms with Gasteiger partial charge in [0, 0.05) is 5.41 Å². The predicted octanol–water partition coefficient (Wildman–Crippen LogP) is 1.79. The first-order valence-corrected chi connectivity index (χ1v) is 4.07. The van der Waals surface area contributed by atoms with Crippen molar-refractivity contribution in [2.24, 2.45) is 0 Å². The minimum atomic E-state index is 0.174. The molecule has 1 fully saturated rings. The summed E-state index contributed by atoms with van der Waals surface area (Å²) in [5, 5.41) is 8.41. The smallest absolute Gasteiger partial charge is 0.200 e. The zero-order valence-electron chi connectivity index (χ0n) is 7.00. The molecule has 1 aromatic heterocycles. The van der Waals surface area contributed by atoms with Gasteiger partial charge in [-0.25, -0.2) is 4.98 Å². The number of aromatic nitrogens is 1. The molecule has 12 heavy (non-hydrogen) atoms. The van der Waals surface area contributed by atoms with Gasteiger partial charge < -0.3 is 4.42 Å². The summed E-state index contributed by atoms with van der Waals surface area (Å²) in [5.74, 6) is 1.48. The molecular weight excluding hydrogens is 152 g/mol. The monoisotopic (exact) mass is 162 g/mol. The van der Waals surface area contributed by atoms with Crippen molar-refractivity contribution in [2.45, 2.75) is 31.6 Å². The Morgan fingerprint density at radius 1 is 1.75 bits per heavy atom. The highest BCUT2D eigenvalue weighted by Crippen LogP contribution is 2.46. The first-order chi connectivity index (χ1) is 5.74. The van der Waals surface area contributed by atoms with Crippen molar-refractivity contribution in [1.82, 2.24) is 4.98 Å². The molecule has 0 saturated heterocycles. The Morgan fingerprint density at radius 3 is 3.08 bits per heavy atom. The Hall–Kier alpha value is -1.30. The Labute approximate surface area is 71.0 Å². The van der Waals surface area contributed by atoms with Gasteiger partial charge in [-0.05, 0) is 12.8 Å². The highest BCUT2D eigenvalue weighted by atomic mass is 16.4. The van der Waals surface area contributed by atoms with Crippen molar-refractivity contribution in [3.05, 3.63) is 17.8 Å². The summed E-state index contributed by atoms with van der Waals surface area (Å²) in [6, 6.07) is 2.04. The van der Waals surface area contributed by atoms with Crippen LogP contribution in [0, 0.1) is 11.3 Å². The average molecular weight is 162 g/mol. The first-order valence-electron chi connectivity index (χ1n) is 4.07. The van der Waals surface area contributed by atoms with Crippen molar-refractivity contribution >= 4 is 0 Å². The van der Waals surface area contributed by atoms with Crippen LogP contribution in [0.3, 0.4) is 0 Å². The zero-order valence-corrected chi connectivity index (χ0v) is 7.00. The van der Waals surface area contributed by atoms with E-state index in [0.717, 1.165) is 18.7 Å². The molecule has 1 heterocycles. The maximum absolute atomic E-state index is 8.41. The molecular formula is C9H10N2O. The van der Waals surface area contributed by atoms with Gasteiger partial charge in [0.25, 0.3) is 0 Å². The highest BCUT2D eigenvalue weighted by molar-refractivity contribution is 5.15. The van der Waals surface area contributed by atoms with Crippen molar-refractivity contribution in [3.63, 3.8) is 0 Å². The third-order valence-corrected chi connectivity index (χ3v) is 2.32. The molecule has 3 heteroatoms. The van der Waals surface area contributed by atoms with Gasteiger partial charge in [0.2, 0.25) is 0 Å². The van der Waals surface area contributed by atoms with Gasteiger partial charge in [-0.3, -0.25) is 0 Å². The van der Waals surface area contributed by atoms with Crippen LogP contribution in [0.15, 0.2) is 10.6 Å². The van der Waals surface area contributed by atoms with Crippen LogP contribution in [0.1, 0.15) is 31.4 Å². The summed E-state index contributed by atoms with van der Waals surface area (Å²) in [5.41, 5.74) is 0.174. The second-order valence-corrected chi connectivity index (χ2v) is 3.53. The molecule has 0 spiro atoms. The molecule has 0 aromatic carbocycles. The van der Waals surface area contributed by atoms with Crippen LogP contribution in [0.4, 0.5) is 0 Å².